The molecule has 0 radical (unpaired) electrons. The topological polar surface area (TPSA) is 71.8 Å². The Morgan fingerprint density at radius 1 is 0.971 bits per heavy atom. The summed E-state index contributed by atoms with van der Waals surface area (Å²) in [7, 11) is 0. The molecule has 4 heterocycles. The molecule has 35 heavy (non-hydrogen) atoms. The van der Waals surface area contributed by atoms with Crippen LogP contribution in [-0.2, 0) is 6.54 Å². The van der Waals surface area contributed by atoms with Crippen LogP contribution in [0.15, 0.2) is 24.5 Å². The average Bonchev–Trinajstić information content (AvgIpc) is 3.25. The number of rotatable bonds is 4. The second-order valence-electron chi connectivity index (χ2n) is 9.70. The van der Waals surface area contributed by atoms with Crippen LogP contribution in [0.2, 0.25) is 5.15 Å². The molecule has 2 bridgehead atoms. The van der Waals surface area contributed by atoms with Crippen molar-refractivity contribution in [2.24, 2.45) is 11.8 Å². The number of aromatic nitrogens is 5. The van der Waals surface area contributed by atoms with E-state index in [1.54, 1.807) is 10.7 Å². The van der Waals surface area contributed by atoms with Gasteiger partial charge in [0.25, 0.3) is 0 Å². The van der Waals surface area contributed by atoms with Gasteiger partial charge in [0.15, 0.2) is 17.5 Å². The molecule has 0 spiro atoms. The van der Waals surface area contributed by atoms with Crippen LogP contribution in [0.4, 0.5) is 24.9 Å². The first-order valence-corrected chi connectivity index (χ1v) is 12.4. The highest BCUT2D eigenvalue weighted by atomic mass is 35.5. The summed E-state index contributed by atoms with van der Waals surface area (Å²) >= 11 is 6.06. The second-order valence-corrected chi connectivity index (χ2v) is 10.1. The van der Waals surface area contributed by atoms with E-state index in [1.807, 2.05) is 0 Å². The molecule has 3 aliphatic rings. The maximum atomic E-state index is 14.7. The van der Waals surface area contributed by atoms with Crippen LogP contribution >= 0.6 is 11.6 Å². The first-order chi connectivity index (χ1) is 17.0. The van der Waals surface area contributed by atoms with Gasteiger partial charge in [0.05, 0.1) is 0 Å². The fourth-order valence-corrected chi connectivity index (χ4v) is 6.11. The van der Waals surface area contributed by atoms with E-state index >= 15 is 0 Å². The molecular formula is C24H25ClF3N7. The molecule has 1 saturated carbocycles. The van der Waals surface area contributed by atoms with E-state index in [2.05, 4.69) is 25.3 Å². The molecule has 7 nitrogen and oxygen atoms in total. The Kier molecular flexibility index (Phi) is 5.78. The second kappa shape index (κ2) is 8.96. The minimum absolute atomic E-state index is 0.128. The maximum absolute atomic E-state index is 14.7. The summed E-state index contributed by atoms with van der Waals surface area (Å²) in [5.41, 5.74) is 0.128. The third-order valence-electron chi connectivity index (χ3n) is 7.64. The standard InChI is InChI=1S/C24H25ClF3N7/c25-18-9-19(30-12-29-18)34-10-13-4-5-14(11-34)22(13)31-24-32-23-16(3-1-2-8-35(23)33-24)15-6-7-17(26)21(28)20(15)27/h6-7,9,12-14,16,22H,1-5,8,10-11H2,(H,31,33)/t13-,14+,16?,22?. The number of aryl methyl sites for hydroxylation is 1. The zero-order chi connectivity index (χ0) is 24.1. The summed E-state index contributed by atoms with van der Waals surface area (Å²) in [5, 5.41) is 8.67. The van der Waals surface area contributed by atoms with Gasteiger partial charge < -0.3 is 10.2 Å². The van der Waals surface area contributed by atoms with Gasteiger partial charge in [-0.1, -0.05) is 24.1 Å². The smallest absolute Gasteiger partial charge is 0.242 e. The fourth-order valence-electron chi connectivity index (χ4n) is 5.97. The first kappa shape index (κ1) is 22.6. The predicted octanol–water partition coefficient (Wildman–Crippen LogP) is 4.78. The van der Waals surface area contributed by atoms with Crippen molar-refractivity contribution < 1.29 is 13.2 Å². The molecule has 2 unspecified atom stereocenters. The van der Waals surface area contributed by atoms with Gasteiger partial charge in [-0.15, -0.1) is 5.10 Å². The van der Waals surface area contributed by atoms with Gasteiger partial charge in [0.2, 0.25) is 5.95 Å². The Bertz CT molecular complexity index is 1240. The summed E-state index contributed by atoms with van der Waals surface area (Å²) in [4.78, 5) is 15.4. The van der Waals surface area contributed by atoms with E-state index in [9.17, 15) is 13.2 Å². The van der Waals surface area contributed by atoms with Gasteiger partial charge in [-0.2, -0.15) is 4.98 Å². The van der Waals surface area contributed by atoms with Crippen LogP contribution in [0.25, 0.3) is 0 Å². The highest BCUT2D eigenvalue weighted by molar-refractivity contribution is 6.29. The van der Waals surface area contributed by atoms with Crippen LogP contribution in [0.3, 0.4) is 0 Å². The maximum Gasteiger partial charge on any atom is 0.242 e. The third-order valence-corrected chi connectivity index (χ3v) is 7.84. The minimum atomic E-state index is -1.44. The third kappa shape index (κ3) is 4.11. The van der Waals surface area contributed by atoms with Crippen LogP contribution in [0.1, 0.15) is 49.4 Å². The van der Waals surface area contributed by atoms with E-state index in [0.717, 1.165) is 50.7 Å². The van der Waals surface area contributed by atoms with Crippen molar-refractivity contribution in [2.75, 3.05) is 23.3 Å². The number of hydrogen-bond donors (Lipinski definition) is 1. The molecule has 6 rings (SSSR count). The van der Waals surface area contributed by atoms with Crippen molar-refractivity contribution in [1.29, 1.82) is 0 Å². The van der Waals surface area contributed by atoms with Crippen molar-refractivity contribution in [3.8, 4) is 0 Å². The van der Waals surface area contributed by atoms with E-state index in [0.29, 0.717) is 41.7 Å². The Morgan fingerprint density at radius 2 is 1.77 bits per heavy atom. The summed E-state index contributed by atoms with van der Waals surface area (Å²) in [6.07, 6.45) is 5.96. The molecule has 11 heteroatoms. The largest absolute Gasteiger partial charge is 0.356 e. The van der Waals surface area contributed by atoms with Crippen molar-refractivity contribution in [3.05, 3.63) is 58.5 Å². The number of hydrogen-bond acceptors (Lipinski definition) is 6. The number of nitrogens with one attached hydrogen (secondary N) is 1. The summed E-state index contributed by atoms with van der Waals surface area (Å²) in [6.45, 7) is 2.35. The molecule has 1 saturated heterocycles. The Hall–Kier alpha value is -2.88. The lowest BCUT2D eigenvalue weighted by atomic mass is 9.92. The lowest BCUT2D eigenvalue weighted by Gasteiger charge is -2.38. The summed E-state index contributed by atoms with van der Waals surface area (Å²) in [6, 6.07) is 4.31. The summed E-state index contributed by atoms with van der Waals surface area (Å²) in [5.74, 6) is -1.52. The monoisotopic (exact) mass is 503 g/mol. The molecular weight excluding hydrogens is 479 g/mol. The minimum Gasteiger partial charge on any atom is -0.356 e. The van der Waals surface area contributed by atoms with E-state index in [-0.39, 0.29) is 11.6 Å². The SMILES string of the molecule is Fc1ccc(C2CCCCn3nc(NC4[C@@H]5CC[C@H]4CN(c4cc(Cl)ncn4)C5)nc32)c(F)c1F. The molecule has 184 valence electrons. The molecule has 1 aromatic carbocycles. The van der Waals surface area contributed by atoms with Crippen LogP contribution in [0, 0.1) is 29.3 Å². The zero-order valence-electron chi connectivity index (χ0n) is 19.0. The lowest BCUT2D eigenvalue weighted by Crippen LogP contribution is -2.48. The van der Waals surface area contributed by atoms with Crippen molar-refractivity contribution >= 4 is 23.4 Å². The highest BCUT2D eigenvalue weighted by Gasteiger charge is 2.43. The Balaban J connectivity index is 1.24. The number of fused-ring (bicyclic) bond motifs is 3. The quantitative estimate of drug-likeness (QED) is 0.408. The normalized spacial score (nSPS) is 25.9. The zero-order valence-corrected chi connectivity index (χ0v) is 19.7. The van der Waals surface area contributed by atoms with E-state index in [4.69, 9.17) is 16.6 Å². The average molecular weight is 504 g/mol. The van der Waals surface area contributed by atoms with Gasteiger partial charge >= 0.3 is 0 Å². The fraction of sp³-hybridized carbons (Fsp3) is 0.500. The highest BCUT2D eigenvalue weighted by Crippen LogP contribution is 2.40. The van der Waals surface area contributed by atoms with Gasteiger partial charge in [0, 0.05) is 43.2 Å². The van der Waals surface area contributed by atoms with Crippen molar-refractivity contribution in [3.63, 3.8) is 0 Å². The van der Waals surface area contributed by atoms with Gasteiger partial charge in [-0.05, 0) is 43.6 Å². The number of piperidine rings is 1. The number of halogens is 4. The van der Waals surface area contributed by atoms with E-state index in [1.165, 1.54) is 12.4 Å². The van der Waals surface area contributed by atoms with Crippen LogP contribution in [-0.4, -0.2) is 43.9 Å². The predicted molar refractivity (Wildman–Crippen MR) is 125 cm³/mol. The van der Waals surface area contributed by atoms with E-state index < -0.39 is 23.4 Å². The van der Waals surface area contributed by atoms with Crippen molar-refractivity contribution in [2.45, 2.75) is 50.6 Å². The molecule has 1 aliphatic carbocycles. The number of benzene rings is 1. The molecule has 2 aromatic heterocycles. The molecule has 4 atom stereocenters. The van der Waals surface area contributed by atoms with Gasteiger partial charge in [-0.3, -0.25) is 0 Å². The molecule has 2 aliphatic heterocycles. The molecule has 0 amide bonds. The number of nitrogens with zero attached hydrogens (tertiary/aromatic N) is 6. The molecule has 1 N–H and O–H groups in total. The van der Waals surface area contributed by atoms with Gasteiger partial charge in [-0.25, -0.2) is 27.8 Å². The molecule has 2 fully saturated rings. The Labute approximate surface area is 205 Å². The van der Waals surface area contributed by atoms with Crippen LogP contribution < -0.4 is 10.2 Å². The first-order valence-electron chi connectivity index (χ1n) is 12.0. The Morgan fingerprint density at radius 3 is 2.54 bits per heavy atom. The lowest BCUT2D eigenvalue weighted by molar-refractivity contribution is 0.374. The van der Waals surface area contributed by atoms with Crippen LogP contribution in [0.5, 0.6) is 0 Å². The summed E-state index contributed by atoms with van der Waals surface area (Å²) < 4.78 is 44.0. The number of anilines is 2. The van der Waals surface area contributed by atoms with Gasteiger partial charge in [0.1, 0.15) is 23.1 Å². The van der Waals surface area contributed by atoms with Crippen molar-refractivity contribution in [1.82, 2.24) is 24.7 Å². The molecule has 3 aromatic rings.